The van der Waals surface area contributed by atoms with E-state index in [-0.39, 0.29) is 12.6 Å². The Bertz CT molecular complexity index is 638. The van der Waals surface area contributed by atoms with Crippen LogP contribution in [0.1, 0.15) is 5.56 Å². The van der Waals surface area contributed by atoms with E-state index in [4.69, 9.17) is 4.74 Å². The number of benzene rings is 2. The van der Waals surface area contributed by atoms with Crippen LogP contribution < -0.4 is 5.32 Å². The summed E-state index contributed by atoms with van der Waals surface area (Å²) in [4.78, 5) is -2.48. The summed E-state index contributed by atoms with van der Waals surface area (Å²) in [5.74, 6) is 0. The van der Waals surface area contributed by atoms with Gasteiger partial charge in [-0.3, -0.25) is 5.32 Å². The fourth-order valence-corrected chi connectivity index (χ4v) is 4.08. The fraction of sp³-hybridized carbons (Fsp3) is 0.294. The van der Waals surface area contributed by atoms with Crippen molar-refractivity contribution in [1.29, 1.82) is 0 Å². The first-order valence-electron chi connectivity index (χ1n) is 7.25. The van der Waals surface area contributed by atoms with Gasteiger partial charge < -0.3 is 4.74 Å². The molecular weight excluding hydrogens is 384 g/mol. The van der Waals surface area contributed by atoms with Crippen LogP contribution in [0.4, 0.5) is 8.78 Å². The lowest BCUT2D eigenvalue weighted by molar-refractivity contribution is -0.0764. The molecule has 2 aromatic rings. The van der Waals surface area contributed by atoms with Gasteiger partial charge >= 0.3 is 4.83 Å². The molecule has 23 heavy (non-hydrogen) atoms. The van der Waals surface area contributed by atoms with E-state index in [1.54, 1.807) is 12.1 Å². The first kappa shape index (κ1) is 16.9. The van der Waals surface area contributed by atoms with Crippen molar-refractivity contribution in [2.45, 2.75) is 27.2 Å². The normalized spacial score (nSPS) is 24.7. The van der Waals surface area contributed by atoms with Crippen molar-refractivity contribution in [2.24, 2.45) is 0 Å². The number of nitrogens with one attached hydrogen (secondary N) is 1. The number of hydrogen-bond acceptors (Lipinski definition) is 3. The van der Waals surface area contributed by atoms with Crippen molar-refractivity contribution in [2.75, 3.05) is 6.61 Å². The SMILES string of the molecule is FC(F)(Br)C1(Sc2ccccc2)N[C@@H](Cc2ccccc2)CO1. The summed E-state index contributed by atoms with van der Waals surface area (Å²) < 4.78 is 33.9. The minimum Gasteiger partial charge on any atom is -0.343 e. The summed E-state index contributed by atoms with van der Waals surface area (Å²) in [6.45, 7) is 0.232. The highest BCUT2D eigenvalue weighted by Crippen LogP contribution is 2.49. The van der Waals surface area contributed by atoms with Gasteiger partial charge in [0.1, 0.15) is 0 Å². The summed E-state index contributed by atoms with van der Waals surface area (Å²) in [5.41, 5.74) is 1.09. The third-order valence-corrected chi connectivity index (χ3v) is 5.69. The molecule has 1 fully saturated rings. The van der Waals surface area contributed by atoms with E-state index in [1.807, 2.05) is 48.5 Å². The highest BCUT2D eigenvalue weighted by molar-refractivity contribution is 9.10. The van der Waals surface area contributed by atoms with Crippen molar-refractivity contribution in [3.8, 4) is 0 Å². The van der Waals surface area contributed by atoms with Crippen molar-refractivity contribution in [3.05, 3.63) is 66.2 Å². The number of halogens is 3. The van der Waals surface area contributed by atoms with Crippen molar-refractivity contribution >= 4 is 27.7 Å². The van der Waals surface area contributed by atoms with Crippen LogP contribution in [0.3, 0.4) is 0 Å². The maximum Gasteiger partial charge on any atom is 0.353 e. The monoisotopic (exact) mass is 399 g/mol. The molecule has 1 aliphatic heterocycles. The smallest absolute Gasteiger partial charge is 0.343 e. The summed E-state index contributed by atoms with van der Waals surface area (Å²) in [5, 5.41) is 1.17. The highest BCUT2D eigenvalue weighted by Gasteiger charge is 2.58. The molecule has 0 bridgehead atoms. The minimum absolute atomic E-state index is 0.169. The van der Waals surface area contributed by atoms with Gasteiger partial charge in [-0.2, -0.15) is 8.78 Å². The maximum atomic E-state index is 14.2. The largest absolute Gasteiger partial charge is 0.353 e. The van der Waals surface area contributed by atoms with Crippen LogP contribution >= 0.6 is 27.7 Å². The summed E-state index contributed by atoms with van der Waals surface area (Å²) >= 11 is 3.48. The Balaban J connectivity index is 1.76. The van der Waals surface area contributed by atoms with Gasteiger partial charge in [-0.1, -0.05) is 60.3 Å². The second-order valence-corrected chi connectivity index (χ2v) is 7.62. The molecule has 1 saturated heterocycles. The molecule has 3 rings (SSSR count). The number of alkyl halides is 3. The molecule has 0 spiro atoms. The van der Waals surface area contributed by atoms with Crippen molar-refractivity contribution in [3.63, 3.8) is 0 Å². The Hall–Kier alpha value is -0.950. The van der Waals surface area contributed by atoms with Crippen LogP contribution in [0.2, 0.25) is 0 Å². The van der Waals surface area contributed by atoms with Crippen molar-refractivity contribution in [1.82, 2.24) is 5.32 Å². The Morgan fingerprint density at radius 2 is 1.74 bits per heavy atom. The summed E-state index contributed by atoms with van der Waals surface area (Å²) in [7, 11) is 0. The molecule has 0 amide bonds. The van der Waals surface area contributed by atoms with Gasteiger partial charge in [0.05, 0.1) is 6.61 Å². The predicted molar refractivity (Wildman–Crippen MR) is 91.9 cm³/mol. The van der Waals surface area contributed by atoms with Crippen molar-refractivity contribution < 1.29 is 13.5 Å². The lowest BCUT2D eigenvalue weighted by atomic mass is 10.1. The summed E-state index contributed by atoms with van der Waals surface area (Å²) in [6, 6.07) is 18.7. The zero-order valence-electron chi connectivity index (χ0n) is 12.2. The van der Waals surface area contributed by atoms with E-state index < -0.39 is 9.89 Å². The van der Waals surface area contributed by atoms with Gasteiger partial charge in [0.25, 0.3) is 0 Å². The highest BCUT2D eigenvalue weighted by atomic mass is 79.9. The number of rotatable bonds is 5. The topological polar surface area (TPSA) is 21.3 Å². The van der Waals surface area contributed by atoms with E-state index >= 15 is 0 Å². The molecular formula is C17H16BrF2NOS. The second kappa shape index (κ2) is 6.89. The standard InChI is InChI=1S/C17H16BrF2NOS/c18-16(19,20)17(23-15-9-5-2-6-10-15)21-14(12-22-17)11-13-7-3-1-4-8-13/h1-10,14,21H,11-12H2/t14-,17?/m0/s1. The van der Waals surface area contributed by atoms with E-state index in [2.05, 4.69) is 21.2 Å². The molecule has 1 N–H and O–H groups in total. The van der Waals surface area contributed by atoms with Crippen LogP contribution in [0.25, 0.3) is 0 Å². The van der Waals surface area contributed by atoms with Gasteiger partial charge in [-0.05, 0) is 40.0 Å². The molecule has 2 nitrogen and oxygen atoms in total. The van der Waals surface area contributed by atoms with E-state index in [1.165, 1.54) is 0 Å². The molecule has 122 valence electrons. The number of thioether (sulfide) groups is 1. The zero-order chi connectivity index (χ0) is 16.3. The first-order chi connectivity index (χ1) is 11.0. The third-order valence-electron chi connectivity index (χ3n) is 3.58. The Kier molecular flexibility index (Phi) is 5.06. The molecule has 1 heterocycles. The molecule has 0 radical (unpaired) electrons. The van der Waals surface area contributed by atoms with Gasteiger partial charge in [0.15, 0.2) is 0 Å². The molecule has 0 aliphatic carbocycles. The Morgan fingerprint density at radius 1 is 1.13 bits per heavy atom. The average molecular weight is 400 g/mol. The van der Waals surface area contributed by atoms with Crippen LogP contribution in [-0.2, 0) is 11.2 Å². The fourth-order valence-electron chi connectivity index (χ4n) is 2.51. The lowest BCUT2D eigenvalue weighted by Crippen LogP contribution is -2.52. The van der Waals surface area contributed by atoms with Gasteiger partial charge in [0, 0.05) is 10.9 Å². The van der Waals surface area contributed by atoms with E-state index in [0.29, 0.717) is 6.42 Å². The molecule has 2 atom stereocenters. The van der Waals surface area contributed by atoms with Crippen LogP contribution in [0.15, 0.2) is 65.6 Å². The van der Waals surface area contributed by atoms with Crippen LogP contribution in [0, 0.1) is 0 Å². The molecule has 0 aromatic heterocycles. The van der Waals surface area contributed by atoms with Gasteiger partial charge in [-0.15, -0.1) is 0 Å². The number of hydrogen-bond donors (Lipinski definition) is 1. The molecule has 1 unspecified atom stereocenters. The second-order valence-electron chi connectivity index (χ2n) is 5.37. The zero-order valence-corrected chi connectivity index (χ0v) is 14.6. The molecule has 6 heteroatoms. The van der Waals surface area contributed by atoms with Gasteiger partial charge in [0.2, 0.25) is 5.06 Å². The Morgan fingerprint density at radius 3 is 2.35 bits per heavy atom. The molecule has 1 aliphatic rings. The summed E-state index contributed by atoms with van der Waals surface area (Å²) in [6.07, 6.45) is 0.640. The minimum atomic E-state index is -3.20. The number of ether oxygens (including phenoxy) is 1. The van der Waals surface area contributed by atoms with Gasteiger partial charge in [-0.25, -0.2) is 0 Å². The predicted octanol–water partition coefficient (Wildman–Crippen LogP) is 4.65. The quantitative estimate of drug-likeness (QED) is 0.739. The lowest BCUT2D eigenvalue weighted by Gasteiger charge is -2.32. The van der Waals surface area contributed by atoms with Crippen LogP contribution in [-0.4, -0.2) is 22.5 Å². The third kappa shape index (κ3) is 3.94. The maximum absolute atomic E-state index is 14.2. The molecule has 2 aromatic carbocycles. The molecule has 0 saturated carbocycles. The average Bonchev–Trinajstić information content (AvgIpc) is 2.93. The first-order valence-corrected chi connectivity index (χ1v) is 8.86. The van der Waals surface area contributed by atoms with E-state index in [0.717, 1.165) is 22.2 Å². The van der Waals surface area contributed by atoms with E-state index in [9.17, 15) is 8.78 Å². The van der Waals surface area contributed by atoms with Crippen LogP contribution in [0.5, 0.6) is 0 Å². The Labute approximate surface area is 146 Å².